The minimum Gasteiger partial charge on any atom is -0.326 e. The number of nitrogens with one attached hydrogen (secondary N) is 1. The van der Waals surface area contributed by atoms with Crippen LogP contribution in [-0.2, 0) is 13.1 Å². The molecule has 1 aromatic heterocycles. The van der Waals surface area contributed by atoms with Crippen LogP contribution in [-0.4, -0.2) is 9.78 Å². The van der Waals surface area contributed by atoms with Gasteiger partial charge in [-0.3, -0.25) is 4.79 Å². The molecule has 3 N–H and O–H groups in total. The van der Waals surface area contributed by atoms with Gasteiger partial charge in [0.25, 0.3) is 5.56 Å². The Morgan fingerprint density at radius 3 is 2.69 bits per heavy atom. The molecule has 0 atom stereocenters. The Labute approximate surface area is 101 Å². The van der Waals surface area contributed by atoms with Crippen molar-refractivity contribution < 1.29 is 0 Å². The Bertz CT molecular complexity index is 544. The zero-order chi connectivity index (χ0) is 11.5. The normalized spacial score (nSPS) is 10.6. The van der Waals surface area contributed by atoms with Crippen molar-refractivity contribution in [2.75, 3.05) is 0 Å². The van der Waals surface area contributed by atoms with Crippen LogP contribution in [0.2, 0.25) is 0 Å². The van der Waals surface area contributed by atoms with Gasteiger partial charge in [0.15, 0.2) is 0 Å². The fourth-order valence-corrected chi connectivity index (χ4v) is 1.92. The van der Waals surface area contributed by atoms with Crippen LogP contribution in [0.15, 0.2) is 39.7 Å². The molecule has 84 valence electrons. The smallest absolute Gasteiger partial charge is 0.271 e. The summed E-state index contributed by atoms with van der Waals surface area (Å²) in [6.07, 6.45) is 1.65. The van der Waals surface area contributed by atoms with Gasteiger partial charge in [0.05, 0.1) is 6.54 Å². The molecule has 4 nitrogen and oxygen atoms in total. The van der Waals surface area contributed by atoms with E-state index in [2.05, 4.69) is 21.0 Å². The fraction of sp³-hybridized carbons (Fsp3) is 0.182. The molecule has 0 spiro atoms. The zero-order valence-corrected chi connectivity index (χ0v) is 10.2. The first-order valence-corrected chi connectivity index (χ1v) is 5.72. The van der Waals surface area contributed by atoms with Gasteiger partial charge in [-0.1, -0.05) is 34.1 Å². The molecule has 1 aromatic carbocycles. The highest BCUT2D eigenvalue weighted by Crippen LogP contribution is 2.16. The summed E-state index contributed by atoms with van der Waals surface area (Å²) in [4.78, 5) is 11.8. The largest absolute Gasteiger partial charge is 0.326 e. The van der Waals surface area contributed by atoms with Gasteiger partial charge in [-0.25, -0.2) is 4.68 Å². The maximum Gasteiger partial charge on any atom is 0.271 e. The molecule has 1 heterocycles. The van der Waals surface area contributed by atoms with Crippen LogP contribution in [0.25, 0.3) is 0 Å². The van der Waals surface area contributed by atoms with E-state index in [1.54, 1.807) is 10.9 Å². The quantitative estimate of drug-likeness (QED) is 0.894. The Morgan fingerprint density at radius 2 is 2.06 bits per heavy atom. The van der Waals surface area contributed by atoms with E-state index in [-0.39, 0.29) is 12.1 Å². The Morgan fingerprint density at radius 1 is 1.31 bits per heavy atom. The second kappa shape index (κ2) is 4.67. The third-order valence-corrected chi connectivity index (χ3v) is 3.19. The van der Waals surface area contributed by atoms with Crippen LogP contribution in [0.1, 0.15) is 11.1 Å². The van der Waals surface area contributed by atoms with Crippen LogP contribution >= 0.6 is 15.9 Å². The van der Waals surface area contributed by atoms with Crippen molar-refractivity contribution in [2.24, 2.45) is 5.73 Å². The monoisotopic (exact) mass is 281 g/mol. The number of aromatic amines is 1. The number of aromatic nitrogens is 2. The molecule has 0 saturated carbocycles. The summed E-state index contributed by atoms with van der Waals surface area (Å²) in [5.74, 6) is 0. The summed E-state index contributed by atoms with van der Waals surface area (Å²) in [7, 11) is 0. The van der Waals surface area contributed by atoms with Gasteiger partial charge < -0.3 is 10.8 Å². The lowest BCUT2D eigenvalue weighted by Crippen LogP contribution is -2.21. The van der Waals surface area contributed by atoms with Crippen molar-refractivity contribution >= 4 is 15.9 Å². The van der Waals surface area contributed by atoms with Gasteiger partial charge in [0.1, 0.15) is 0 Å². The molecule has 16 heavy (non-hydrogen) atoms. The summed E-state index contributed by atoms with van der Waals surface area (Å²) >= 11 is 3.45. The molecule has 0 aliphatic heterocycles. The van der Waals surface area contributed by atoms with E-state index in [4.69, 9.17) is 5.73 Å². The van der Waals surface area contributed by atoms with Gasteiger partial charge in [-0.05, 0) is 11.6 Å². The summed E-state index contributed by atoms with van der Waals surface area (Å²) in [6, 6.07) is 7.81. The Balaban J connectivity index is 2.31. The first kappa shape index (κ1) is 11.2. The Kier molecular flexibility index (Phi) is 3.26. The molecule has 2 aromatic rings. The van der Waals surface area contributed by atoms with E-state index in [1.165, 1.54) is 0 Å². The zero-order valence-electron chi connectivity index (χ0n) is 8.61. The van der Waals surface area contributed by atoms with E-state index in [0.29, 0.717) is 12.1 Å². The molecule has 0 aliphatic rings. The predicted molar refractivity (Wildman–Crippen MR) is 66.2 cm³/mol. The lowest BCUT2D eigenvalue weighted by atomic mass is 10.2. The second-order valence-corrected chi connectivity index (χ2v) is 4.34. The second-order valence-electron chi connectivity index (χ2n) is 3.49. The highest BCUT2D eigenvalue weighted by molar-refractivity contribution is 9.10. The van der Waals surface area contributed by atoms with Crippen LogP contribution in [0, 0.1) is 0 Å². The van der Waals surface area contributed by atoms with E-state index in [9.17, 15) is 4.79 Å². The van der Waals surface area contributed by atoms with Crippen LogP contribution in [0.3, 0.4) is 0 Å². The minimum absolute atomic E-state index is 0.0572. The van der Waals surface area contributed by atoms with Crippen molar-refractivity contribution in [3.8, 4) is 0 Å². The van der Waals surface area contributed by atoms with E-state index < -0.39 is 0 Å². The number of hydrogen-bond donors (Lipinski definition) is 2. The molecular formula is C11H12BrN3O. The van der Waals surface area contributed by atoms with Crippen molar-refractivity contribution in [2.45, 2.75) is 13.1 Å². The standard InChI is InChI=1S/C11H12BrN3O/c12-10-4-2-1-3-8(10)7-15-11(16)9(5-13)6-14-15/h1-4,6,14H,5,7,13H2. The lowest BCUT2D eigenvalue weighted by Gasteiger charge is -2.04. The molecular weight excluding hydrogens is 270 g/mol. The molecule has 0 radical (unpaired) electrons. The van der Waals surface area contributed by atoms with Crippen LogP contribution in [0.5, 0.6) is 0 Å². The highest BCUT2D eigenvalue weighted by Gasteiger charge is 2.06. The predicted octanol–water partition coefficient (Wildman–Crippen LogP) is 1.45. The van der Waals surface area contributed by atoms with Gasteiger partial charge in [0.2, 0.25) is 0 Å². The third-order valence-electron chi connectivity index (χ3n) is 2.42. The number of nitrogens with two attached hydrogens (primary N) is 1. The summed E-state index contributed by atoms with van der Waals surface area (Å²) in [5, 5.41) is 2.90. The van der Waals surface area contributed by atoms with Crippen LogP contribution < -0.4 is 11.3 Å². The molecule has 0 unspecified atom stereocenters. The molecule has 0 saturated heterocycles. The molecule has 2 rings (SSSR count). The minimum atomic E-state index is -0.0572. The molecule has 0 aliphatic carbocycles. The van der Waals surface area contributed by atoms with Gasteiger partial charge in [-0.15, -0.1) is 0 Å². The van der Waals surface area contributed by atoms with E-state index in [0.717, 1.165) is 10.0 Å². The van der Waals surface area contributed by atoms with Crippen LogP contribution in [0.4, 0.5) is 0 Å². The maximum atomic E-state index is 11.8. The summed E-state index contributed by atoms with van der Waals surface area (Å²) in [6.45, 7) is 0.776. The fourth-order valence-electron chi connectivity index (χ4n) is 1.51. The third kappa shape index (κ3) is 2.10. The number of H-pyrrole nitrogens is 1. The van der Waals surface area contributed by atoms with E-state index in [1.807, 2.05) is 24.3 Å². The average molecular weight is 282 g/mol. The highest BCUT2D eigenvalue weighted by atomic mass is 79.9. The molecule has 0 bridgehead atoms. The van der Waals surface area contributed by atoms with Crippen molar-refractivity contribution in [3.05, 3.63) is 56.4 Å². The number of nitrogens with zero attached hydrogens (tertiary/aromatic N) is 1. The Hall–Kier alpha value is -1.33. The summed E-state index contributed by atoms with van der Waals surface area (Å²) < 4.78 is 2.54. The topological polar surface area (TPSA) is 63.8 Å². The van der Waals surface area contributed by atoms with Crippen molar-refractivity contribution in [3.63, 3.8) is 0 Å². The van der Waals surface area contributed by atoms with Crippen molar-refractivity contribution in [1.82, 2.24) is 9.78 Å². The first-order chi connectivity index (χ1) is 7.72. The van der Waals surface area contributed by atoms with Gasteiger partial charge in [-0.2, -0.15) is 0 Å². The van der Waals surface area contributed by atoms with Crippen molar-refractivity contribution in [1.29, 1.82) is 0 Å². The first-order valence-electron chi connectivity index (χ1n) is 4.93. The van der Waals surface area contributed by atoms with Gasteiger partial charge >= 0.3 is 0 Å². The lowest BCUT2D eigenvalue weighted by molar-refractivity contribution is 0.660. The molecule has 0 fully saturated rings. The maximum absolute atomic E-state index is 11.8. The number of rotatable bonds is 3. The summed E-state index contributed by atoms with van der Waals surface area (Å²) in [5.41, 5.74) is 7.04. The number of hydrogen-bond acceptors (Lipinski definition) is 2. The number of halogens is 1. The SMILES string of the molecule is NCc1c[nH]n(Cc2ccccc2Br)c1=O. The van der Waals surface area contributed by atoms with E-state index >= 15 is 0 Å². The number of benzene rings is 1. The molecule has 0 amide bonds. The van der Waals surface area contributed by atoms with Gasteiger partial charge in [0, 0.05) is 22.8 Å². The molecule has 5 heteroatoms. The average Bonchev–Trinajstić information content (AvgIpc) is 2.63.